The van der Waals surface area contributed by atoms with Crippen LogP contribution < -0.4 is 25.3 Å². The Labute approximate surface area is 179 Å². The smallest absolute Gasteiger partial charge is 0.262 e. The molecule has 3 aromatic carbocycles. The molecule has 0 aromatic heterocycles. The Morgan fingerprint density at radius 1 is 1.03 bits per heavy atom. The summed E-state index contributed by atoms with van der Waals surface area (Å²) in [4.78, 5) is 24.0. The summed E-state index contributed by atoms with van der Waals surface area (Å²) in [7, 11) is 2.73. The molecule has 3 rings (SSSR count). The summed E-state index contributed by atoms with van der Waals surface area (Å²) >= 11 is 0. The van der Waals surface area contributed by atoms with Crippen LogP contribution in [0, 0.1) is 0 Å². The van der Waals surface area contributed by atoms with Gasteiger partial charge >= 0.3 is 0 Å². The Kier molecular flexibility index (Phi) is 6.71. The lowest BCUT2D eigenvalue weighted by molar-refractivity contribution is -0.255. The highest BCUT2D eigenvalue weighted by atomic mass is 16.5. The average molecular weight is 420 g/mol. The van der Waals surface area contributed by atoms with Crippen molar-refractivity contribution in [3.8, 4) is 11.5 Å². The molecule has 0 saturated heterocycles. The zero-order valence-electron chi connectivity index (χ0n) is 17.3. The first-order chi connectivity index (χ1) is 15.0. The zero-order valence-corrected chi connectivity index (χ0v) is 17.3. The second kappa shape index (κ2) is 9.62. The van der Waals surface area contributed by atoms with Crippen molar-refractivity contribution in [2.24, 2.45) is 5.10 Å². The number of nitrogens with one attached hydrogen (secondary N) is 2. The molecule has 0 unspecified atom stereocenters. The molecule has 8 nitrogen and oxygen atoms in total. The summed E-state index contributed by atoms with van der Waals surface area (Å²) in [6.45, 7) is 1.70. The van der Waals surface area contributed by atoms with Crippen LogP contribution in [0.1, 0.15) is 22.8 Å². The number of aromatic carboxylic acids is 1. The second-order valence-electron chi connectivity index (χ2n) is 6.68. The summed E-state index contributed by atoms with van der Waals surface area (Å²) in [5.74, 6) is -1.58. The van der Waals surface area contributed by atoms with Crippen molar-refractivity contribution < 1.29 is 24.2 Å². The van der Waals surface area contributed by atoms with Crippen molar-refractivity contribution in [3.63, 3.8) is 0 Å². The molecule has 2 N–H and O–H groups in total. The fraction of sp³-hybridized carbons (Fsp3) is 0.174. The van der Waals surface area contributed by atoms with E-state index in [-0.39, 0.29) is 28.5 Å². The number of carboxylic acid groups (broad SMARTS) is 1. The Hall–Kier alpha value is -4.07. The van der Waals surface area contributed by atoms with Gasteiger partial charge in [-0.25, -0.2) is 5.43 Å². The van der Waals surface area contributed by atoms with E-state index in [4.69, 9.17) is 9.47 Å². The molecule has 3 aromatic rings. The summed E-state index contributed by atoms with van der Waals surface area (Å²) in [6.07, 6.45) is 1.22. The number of hydrazone groups is 1. The number of hydrogen-bond acceptors (Lipinski definition) is 7. The van der Waals surface area contributed by atoms with E-state index in [1.54, 1.807) is 13.0 Å². The van der Waals surface area contributed by atoms with Crippen molar-refractivity contribution in [3.05, 3.63) is 65.7 Å². The van der Waals surface area contributed by atoms with E-state index in [0.717, 1.165) is 16.5 Å². The maximum Gasteiger partial charge on any atom is 0.262 e. The number of hydrogen-bond donors (Lipinski definition) is 2. The van der Waals surface area contributed by atoms with Gasteiger partial charge in [0.2, 0.25) is 0 Å². The van der Waals surface area contributed by atoms with Crippen LogP contribution in [0.15, 0.2) is 59.7 Å². The standard InChI is InChI=1S/C23H23N3O5/c1-14(25-18-10-6-8-15-7-4-5-9-17(15)18)22(27)26-24-13-16-11-12-19(30-2)21(31-3)20(16)23(28)29/h4-14,25H,1-3H3,(H,26,27)(H,28,29)/p-1/b24-13-/t14-/m0/s1. The van der Waals surface area contributed by atoms with Crippen LogP contribution in [0.2, 0.25) is 0 Å². The third-order valence-electron chi connectivity index (χ3n) is 4.72. The molecule has 31 heavy (non-hydrogen) atoms. The Bertz CT molecular complexity index is 1140. The monoisotopic (exact) mass is 420 g/mol. The van der Waals surface area contributed by atoms with E-state index in [1.807, 2.05) is 42.5 Å². The molecule has 0 spiro atoms. The van der Waals surface area contributed by atoms with E-state index < -0.39 is 12.0 Å². The van der Waals surface area contributed by atoms with Crippen LogP contribution in [-0.2, 0) is 4.79 Å². The van der Waals surface area contributed by atoms with Crippen LogP contribution >= 0.6 is 0 Å². The van der Waals surface area contributed by atoms with Gasteiger partial charge in [0.05, 0.1) is 32.0 Å². The first-order valence-corrected chi connectivity index (χ1v) is 9.49. The highest BCUT2D eigenvalue weighted by molar-refractivity contribution is 6.01. The molecular formula is C23H22N3O5-. The molecule has 1 atom stereocenters. The quantitative estimate of drug-likeness (QED) is 0.427. The third-order valence-corrected chi connectivity index (χ3v) is 4.72. The van der Waals surface area contributed by atoms with Crippen LogP contribution in [0.4, 0.5) is 5.69 Å². The second-order valence-corrected chi connectivity index (χ2v) is 6.68. The largest absolute Gasteiger partial charge is 0.545 e. The van der Waals surface area contributed by atoms with Crippen LogP contribution in [-0.4, -0.2) is 38.4 Å². The van der Waals surface area contributed by atoms with Gasteiger partial charge in [0, 0.05) is 16.6 Å². The maximum atomic E-state index is 12.5. The lowest BCUT2D eigenvalue weighted by Gasteiger charge is -2.16. The summed E-state index contributed by atoms with van der Waals surface area (Å²) < 4.78 is 10.2. The van der Waals surface area contributed by atoms with Crippen molar-refractivity contribution in [1.82, 2.24) is 5.43 Å². The van der Waals surface area contributed by atoms with E-state index in [0.29, 0.717) is 0 Å². The van der Waals surface area contributed by atoms with Gasteiger partial charge in [-0.2, -0.15) is 5.10 Å². The predicted molar refractivity (Wildman–Crippen MR) is 117 cm³/mol. The van der Waals surface area contributed by atoms with Crippen molar-refractivity contribution >= 4 is 34.6 Å². The number of carboxylic acids is 1. The number of benzene rings is 3. The van der Waals surface area contributed by atoms with E-state index in [1.165, 1.54) is 26.5 Å². The lowest BCUT2D eigenvalue weighted by Crippen LogP contribution is -2.35. The fourth-order valence-corrected chi connectivity index (χ4v) is 3.17. The average Bonchev–Trinajstić information content (AvgIpc) is 2.78. The molecule has 1 amide bonds. The van der Waals surface area contributed by atoms with Crippen molar-refractivity contribution in [2.75, 3.05) is 19.5 Å². The molecule has 0 bridgehead atoms. The Balaban J connectivity index is 1.74. The lowest BCUT2D eigenvalue weighted by atomic mass is 10.1. The molecule has 0 fully saturated rings. The minimum absolute atomic E-state index is 0.0174. The van der Waals surface area contributed by atoms with Gasteiger partial charge in [-0.1, -0.05) is 36.4 Å². The van der Waals surface area contributed by atoms with Gasteiger partial charge in [0.25, 0.3) is 5.91 Å². The summed E-state index contributed by atoms with van der Waals surface area (Å²) in [5.41, 5.74) is 3.22. The molecule has 0 heterocycles. The number of amides is 1. The van der Waals surface area contributed by atoms with Crippen molar-refractivity contribution in [1.29, 1.82) is 0 Å². The van der Waals surface area contributed by atoms with E-state index >= 15 is 0 Å². The van der Waals surface area contributed by atoms with Gasteiger partial charge in [-0.05, 0) is 30.5 Å². The normalized spacial score (nSPS) is 11.8. The first kappa shape index (κ1) is 21.6. The minimum Gasteiger partial charge on any atom is -0.545 e. The number of rotatable bonds is 8. The molecule has 160 valence electrons. The number of methoxy groups -OCH3 is 2. The van der Waals surface area contributed by atoms with E-state index in [2.05, 4.69) is 15.8 Å². The molecule has 8 heteroatoms. The Morgan fingerprint density at radius 3 is 2.48 bits per heavy atom. The number of carbonyl (C=O) groups is 2. The zero-order chi connectivity index (χ0) is 22.4. The molecular weight excluding hydrogens is 398 g/mol. The van der Waals surface area contributed by atoms with Gasteiger partial charge < -0.3 is 24.7 Å². The van der Waals surface area contributed by atoms with Gasteiger partial charge in [0.15, 0.2) is 11.5 Å². The highest BCUT2D eigenvalue weighted by Crippen LogP contribution is 2.32. The minimum atomic E-state index is -1.45. The third kappa shape index (κ3) is 4.75. The molecule has 0 aliphatic carbocycles. The van der Waals surface area contributed by atoms with Crippen LogP contribution in [0.5, 0.6) is 11.5 Å². The van der Waals surface area contributed by atoms with Gasteiger partial charge in [-0.3, -0.25) is 4.79 Å². The molecule has 0 aliphatic rings. The van der Waals surface area contributed by atoms with E-state index in [9.17, 15) is 14.7 Å². The number of nitrogens with zero attached hydrogens (tertiary/aromatic N) is 1. The molecule has 0 saturated carbocycles. The first-order valence-electron chi connectivity index (χ1n) is 9.49. The van der Waals surface area contributed by atoms with Crippen LogP contribution in [0.3, 0.4) is 0 Å². The highest BCUT2D eigenvalue weighted by Gasteiger charge is 2.16. The number of ether oxygens (including phenoxy) is 2. The summed E-state index contributed by atoms with van der Waals surface area (Å²) in [6, 6.07) is 16.1. The maximum absolute atomic E-state index is 12.5. The van der Waals surface area contributed by atoms with Crippen LogP contribution in [0.25, 0.3) is 10.8 Å². The molecule has 0 radical (unpaired) electrons. The summed E-state index contributed by atoms with van der Waals surface area (Å²) in [5, 5.41) is 20.7. The van der Waals surface area contributed by atoms with Gasteiger partial charge in [0.1, 0.15) is 6.04 Å². The fourth-order valence-electron chi connectivity index (χ4n) is 3.17. The topological polar surface area (TPSA) is 112 Å². The number of fused-ring (bicyclic) bond motifs is 1. The number of anilines is 1. The Morgan fingerprint density at radius 2 is 1.77 bits per heavy atom. The molecule has 0 aliphatic heterocycles. The van der Waals surface area contributed by atoms with Gasteiger partial charge in [-0.15, -0.1) is 0 Å². The SMILES string of the molecule is COc1ccc(/C=N\NC(=O)[C@H](C)Nc2cccc3ccccc23)c(C(=O)[O-])c1OC. The predicted octanol–water partition coefficient (Wildman–Crippen LogP) is 2.17. The van der Waals surface area contributed by atoms with Crippen molar-refractivity contribution in [2.45, 2.75) is 13.0 Å². The number of carbonyl (C=O) groups excluding carboxylic acids is 2.